The summed E-state index contributed by atoms with van der Waals surface area (Å²) in [4.78, 5) is 25.4. The molecule has 6 nitrogen and oxygen atoms in total. The number of aliphatic carboxylic acids is 1. The first-order chi connectivity index (χ1) is 9.93. The van der Waals surface area contributed by atoms with Gasteiger partial charge in [0.15, 0.2) is 5.54 Å². The van der Waals surface area contributed by atoms with E-state index >= 15 is 0 Å². The maximum atomic E-state index is 11.8. The lowest BCUT2D eigenvalue weighted by atomic mass is 9.98. The minimum atomic E-state index is -1.24. The van der Waals surface area contributed by atoms with E-state index in [1.165, 1.54) is 0 Å². The summed E-state index contributed by atoms with van der Waals surface area (Å²) in [6, 6.07) is 9.13. The van der Waals surface area contributed by atoms with Crippen LogP contribution in [0.1, 0.15) is 18.9 Å². The largest absolute Gasteiger partial charge is 0.479 e. The quantitative estimate of drug-likeness (QED) is 0.719. The molecule has 0 radical (unpaired) electrons. The number of carboxylic acids is 1. The molecule has 1 aliphatic heterocycles. The van der Waals surface area contributed by atoms with Crippen molar-refractivity contribution in [3.05, 3.63) is 35.9 Å². The van der Waals surface area contributed by atoms with Gasteiger partial charge in [-0.3, -0.25) is 9.69 Å². The molecule has 1 aromatic carbocycles. The van der Waals surface area contributed by atoms with Gasteiger partial charge in [0.05, 0.1) is 6.04 Å². The third-order valence-electron chi connectivity index (χ3n) is 3.78. The summed E-state index contributed by atoms with van der Waals surface area (Å²) in [6.07, 6.45) is 0.383. The van der Waals surface area contributed by atoms with Crippen molar-refractivity contribution in [3.8, 4) is 0 Å². The molecule has 1 fully saturated rings. The molecule has 2 rings (SSSR count). The number of rotatable bonds is 5. The molecule has 0 aliphatic carbocycles. The molecule has 0 aromatic heterocycles. The zero-order chi connectivity index (χ0) is 15.5. The number of carbonyl (C=O) groups is 2. The fourth-order valence-electron chi connectivity index (χ4n) is 2.55. The monoisotopic (exact) mass is 291 g/mol. The molecule has 1 unspecified atom stereocenters. The lowest BCUT2D eigenvalue weighted by Gasteiger charge is -2.27. The summed E-state index contributed by atoms with van der Waals surface area (Å²) >= 11 is 0. The molecule has 6 heteroatoms. The van der Waals surface area contributed by atoms with E-state index in [1.54, 1.807) is 6.92 Å². The van der Waals surface area contributed by atoms with Gasteiger partial charge in [0, 0.05) is 19.6 Å². The normalized spacial score (nSPS) is 23.7. The van der Waals surface area contributed by atoms with Crippen LogP contribution >= 0.6 is 0 Å². The molecular formula is C15H21N3O3. The first-order valence-corrected chi connectivity index (χ1v) is 7.00. The Labute approximate surface area is 123 Å². The van der Waals surface area contributed by atoms with Crippen LogP contribution in [0.15, 0.2) is 30.3 Å². The van der Waals surface area contributed by atoms with Crippen molar-refractivity contribution in [2.45, 2.75) is 31.5 Å². The van der Waals surface area contributed by atoms with Crippen LogP contribution in [0.25, 0.3) is 0 Å². The molecule has 0 bridgehead atoms. The van der Waals surface area contributed by atoms with Gasteiger partial charge >= 0.3 is 5.97 Å². The number of carbonyl (C=O) groups excluding carboxylic acids is 1. The molecule has 21 heavy (non-hydrogen) atoms. The molecular weight excluding hydrogens is 270 g/mol. The third-order valence-corrected chi connectivity index (χ3v) is 3.78. The Morgan fingerprint density at radius 2 is 2.10 bits per heavy atom. The second-order valence-corrected chi connectivity index (χ2v) is 5.61. The van der Waals surface area contributed by atoms with E-state index in [9.17, 15) is 14.7 Å². The van der Waals surface area contributed by atoms with E-state index in [2.05, 4.69) is 5.32 Å². The second-order valence-electron chi connectivity index (χ2n) is 5.61. The van der Waals surface area contributed by atoms with Crippen molar-refractivity contribution in [2.24, 2.45) is 5.73 Å². The number of nitrogens with one attached hydrogen (secondary N) is 1. The van der Waals surface area contributed by atoms with Gasteiger partial charge in [-0.1, -0.05) is 30.3 Å². The molecule has 1 amide bonds. The predicted molar refractivity (Wildman–Crippen MR) is 78.5 cm³/mol. The molecule has 1 heterocycles. The molecule has 114 valence electrons. The minimum absolute atomic E-state index is 0.287. The van der Waals surface area contributed by atoms with E-state index < -0.39 is 23.5 Å². The van der Waals surface area contributed by atoms with E-state index in [0.29, 0.717) is 19.5 Å². The molecule has 0 spiro atoms. The van der Waals surface area contributed by atoms with E-state index in [-0.39, 0.29) is 6.54 Å². The Morgan fingerprint density at radius 1 is 1.43 bits per heavy atom. The zero-order valence-corrected chi connectivity index (χ0v) is 12.1. The number of nitrogens with zero attached hydrogens (tertiary/aromatic N) is 1. The van der Waals surface area contributed by atoms with Crippen molar-refractivity contribution >= 4 is 11.9 Å². The van der Waals surface area contributed by atoms with Crippen LogP contribution in [0, 0.1) is 0 Å². The fourth-order valence-corrected chi connectivity index (χ4v) is 2.55. The highest BCUT2D eigenvalue weighted by molar-refractivity contribution is 5.89. The Hall–Kier alpha value is -1.92. The lowest BCUT2D eigenvalue weighted by Crippen LogP contribution is -2.59. The van der Waals surface area contributed by atoms with Gasteiger partial charge in [-0.2, -0.15) is 0 Å². The number of amides is 1. The van der Waals surface area contributed by atoms with E-state index in [4.69, 9.17) is 5.73 Å². The first-order valence-electron chi connectivity index (χ1n) is 7.00. The summed E-state index contributed by atoms with van der Waals surface area (Å²) in [5.41, 5.74) is 5.40. The molecule has 0 saturated carbocycles. The fraction of sp³-hybridized carbons (Fsp3) is 0.467. The Balaban J connectivity index is 2.05. The van der Waals surface area contributed by atoms with Crippen molar-refractivity contribution < 1.29 is 14.7 Å². The maximum Gasteiger partial charge on any atom is 0.330 e. The molecule has 1 saturated heterocycles. The number of hydrogen-bond donors (Lipinski definition) is 3. The highest BCUT2D eigenvalue weighted by atomic mass is 16.4. The molecule has 1 aromatic rings. The molecule has 4 N–H and O–H groups in total. The van der Waals surface area contributed by atoms with Crippen LogP contribution in [-0.2, 0) is 16.1 Å². The van der Waals surface area contributed by atoms with Crippen LogP contribution in [0.5, 0.6) is 0 Å². The average Bonchev–Trinajstić information content (AvgIpc) is 2.84. The van der Waals surface area contributed by atoms with Gasteiger partial charge in [-0.25, -0.2) is 4.79 Å². The van der Waals surface area contributed by atoms with Crippen molar-refractivity contribution in [2.75, 3.05) is 13.1 Å². The number of carboxylic acid groups (broad SMARTS) is 1. The number of benzene rings is 1. The summed E-state index contributed by atoms with van der Waals surface area (Å²) in [6.45, 7) is 3.13. The third kappa shape index (κ3) is 3.59. The van der Waals surface area contributed by atoms with Crippen LogP contribution < -0.4 is 11.1 Å². The van der Waals surface area contributed by atoms with Gasteiger partial charge < -0.3 is 16.2 Å². The summed E-state index contributed by atoms with van der Waals surface area (Å²) in [5.74, 6) is -1.44. The van der Waals surface area contributed by atoms with Gasteiger partial charge in [0.2, 0.25) is 5.91 Å². The molecule has 1 aliphatic rings. The average molecular weight is 291 g/mol. The van der Waals surface area contributed by atoms with E-state index in [0.717, 1.165) is 5.56 Å². The van der Waals surface area contributed by atoms with Gasteiger partial charge in [-0.15, -0.1) is 0 Å². The Morgan fingerprint density at radius 3 is 2.67 bits per heavy atom. The highest BCUT2D eigenvalue weighted by Crippen LogP contribution is 2.23. The topological polar surface area (TPSA) is 95.7 Å². The van der Waals surface area contributed by atoms with Gasteiger partial charge in [0.1, 0.15) is 0 Å². The van der Waals surface area contributed by atoms with Crippen LogP contribution in [-0.4, -0.2) is 46.6 Å². The Kier molecular flexibility index (Phi) is 4.59. The lowest BCUT2D eigenvalue weighted by molar-refractivity contribution is -0.147. The minimum Gasteiger partial charge on any atom is -0.479 e. The van der Waals surface area contributed by atoms with Crippen molar-refractivity contribution in [1.29, 1.82) is 0 Å². The summed E-state index contributed by atoms with van der Waals surface area (Å²) in [5, 5.41) is 12.1. The van der Waals surface area contributed by atoms with Crippen LogP contribution in [0.2, 0.25) is 0 Å². The smallest absolute Gasteiger partial charge is 0.330 e. The van der Waals surface area contributed by atoms with Crippen LogP contribution in [0.4, 0.5) is 0 Å². The summed E-state index contributed by atoms with van der Waals surface area (Å²) < 4.78 is 0. The van der Waals surface area contributed by atoms with Gasteiger partial charge in [0.25, 0.3) is 0 Å². The predicted octanol–water partition coefficient (Wildman–Crippen LogP) is 0.179. The van der Waals surface area contributed by atoms with Crippen molar-refractivity contribution in [3.63, 3.8) is 0 Å². The highest BCUT2D eigenvalue weighted by Gasteiger charge is 2.46. The zero-order valence-electron chi connectivity index (χ0n) is 12.1. The van der Waals surface area contributed by atoms with Crippen molar-refractivity contribution in [1.82, 2.24) is 10.2 Å². The summed E-state index contributed by atoms with van der Waals surface area (Å²) in [7, 11) is 0. The van der Waals surface area contributed by atoms with E-state index in [1.807, 2.05) is 35.2 Å². The standard InChI is InChI=1S/C15H21N3O3/c1-11(16)13(19)17-15(14(20)21)7-8-18(10-15)9-12-5-3-2-4-6-12/h2-6,11H,7-10,16H2,1H3,(H,17,19)(H,20,21)/t11-,15?/m1/s1. The van der Waals surface area contributed by atoms with Crippen LogP contribution in [0.3, 0.4) is 0 Å². The number of hydrogen-bond acceptors (Lipinski definition) is 4. The number of likely N-dealkylation sites (tertiary alicyclic amines) is 1. The SMILES string of the molecule is C[C@@H](N)C(=O)NC1(C(=O)O)CCN(Cc2ccccc2)C1. The van der Waals surface area contributed by atoms with Gasteiger partial charge in [-0.05, 0) is 18.9 Å². The number of nitrogens with two attached hydrogens (primary N) is 1. The first kappa shape index (κ1) is 15.5. The maximum absolute atomic E-state index is 11.8. The second kappa shape index (κ2) is 6.24. The molecule has 2 atom stereocenters. The Bertz CT molecular complexity index is 518.